The van der Waals surface area contributed by atoms with Gasteiger partial charge < -0.3 is 25.2 Å². The molecule has 0 spiro atoms. The third-order valence-electron chi connectivity index (χ3n) is 3.78. The summed E-state index contributed by atoms with van der Waals surface area (Å²) in [7, 11) is 3.01. The first kappa shape index (κ1) is 20.6. The second-order valence-electron chi connectivity index (χ2n) is 5.53. The van der Waals surface area contributed by atoms with Crippen molar-refractivity contribution in [3.63, 3.8) is 0 Å². The standard InChI is InChI=1S/C19H22N2O5S/c1-25-16-8-7-12(9-17(16)26-2)15(22)11-20-18(23)19(24)21-13-5-4-6-14(10-13)27-3/h4-10,15,22H,11H2,1-3H3,(H,20,23)(H,21,24). The molecule has 2 aromatic carbocycles. The monoisotopic (exact) mass is 390 g/mol. The lowest BCUT2D eigenvalue weighted by Gasteiger charge is -2.15. The van der Waals surface area contributed by atoms with Gasteiger partial charge in [0.05, 0.1) is 20.3 Å². The van der Waals surface area contributed by atoms with Gasteiger partial charge in [-0.05, 0) is 42.2 Å². The number of anilines is 1. The number of benzene rings is 2. The van der Waals surface area contributed by atoms with Crippen LogP contribution >= 0.6 is 11.8 Å². The van der Waals surface area contributed by atoms with Crippen molar-refractivity contribution >= 4 is 29.3 Å². The summed E-state index contributed by atoms with van der Waals surface area (Å²) in [6.07, 6.45) is 0.921. The van der Waals surface area contributed by atoms with E-state index in [1.807, 2.05) is 12.3 Å². The van der Waals surface area contributed by atoms with Gasteiger partial charge in [-0.3, -0.25) is 9.59 Å². The van der Waals surface area contributed by atoms with Crippen LogP contribution in [0.15, 0.2) is 47.4 Å². The summed E-state index contributed by atoms with van der Waals surface area (Å²) in [5, 5.41) is 15.2. The number of carbonyl (C=O) groups excluding carboxylic acids is 2. The maximum atomic E-state index is 12.0. The topological polar surface area (TPSA) is 96.9 Å². The second-order valence-corrected chi connectivity index (χ2v) is 6.41. The van der Waals surface area contributed by atoms with E-state index < -0.39 is 17.9 Å². The summed E-state index contributed by atoms with van der Waals surface area (Å²) in [5.74, 6) is -0.632. The molecule has 0 saturated carbocycles. The molecule has 27 heavy (non-hydrogen) atoms. The molecule has 0 aliphatic rings. The quantitative estimate of drug-likeness (QED) is 0.495. The maximum absolute atomic E-state index is 12.0. The summed E-state index contributed by atoms with van der Waals surface area (Å²) in [4.78, 5) is 24.9. The molecule has 2 amide bonds. The number of nitrogens with one attached hydrogen (secondary N) is 2. The van der Waals surface area contributed by atoms with Gasteiger partial charge in [0.25, 0.3) is 0 Å². The molecule has 0 aliphatic carbocycles. The van der Waals surface area contributed by atoms with Crippen molar-refractivity contribution in [2.75, 3.05) is 32.3 Å². The van der Waals surface area contributed by atoms with Crippen LogP contribution in [0.25, 0.3) is 0 Å². The molecular formula is C19H22N2O5S. The van der Waals surface area contributed by atoms with E-state index in [-0.39, 0.29) is 6.54 Å². The average molecular weight is 390 g/mol. The van der Waals surface area contributed by atoms with E-state index in [0.29, 0.717) is 22.7 Å². The SMILES string of the molecule is COc1ccc(C(O)CNC(=O)C(=O)Nc2cccc(SC)c2)cc1OC. The minimum atomic E-state index is -0.999. The van der Waals surface area contributed by atoms with Crippen LogP contribution in [0.4, 0.5) is 5.69 Å². The van der Waals surface area contributed by atoms with Crippen LogP contribution in [-0.4, -0.2) is 43.9 Å². The largest absolute Gasteiger partial charge is 0.493 e. The maximum Gasteiger partial charge on any atom is 0.313 e. The highest BCUT2D eigenvalue weighted by molar-refractivity contribution is 7.98. The zero-order valence-corrected chi connectivity index (χ0v) is 16.1. The van der Waals surface area contributed by atoms with E-state index in [2.05, 4.69) is 10.6 Å². The van der Waals surface area contributed by atoms with Crippen molar-refractivity contribution in [3.8, 4) is 11.5 Å². The number of hydrogen-bond donors (Lipinski definition) is 3. The Bertz CT molecular complexity index is 812. The Balaban J connectivity index is 1.93. The number of rotatable bonds is 7. The van der Waals surface area contributed by atoms with Gasteiger partial charge in [-0.25, -0.2) is 0 Å². The lowest BCUT2D eigenvalue weighted by Crippen LogP contribution is -2.37. The molecule has 1 unspecified atom stereocenters. The third kappa shape index (κ3) is 5.63. The number of aliphatic hydroxyl groups excluding tert-OH is 1. The van der Waals surface area contributed by atoms with Gasteiger partial charge in [0, 0.05) is 17.1 Å². The fourth-order valence-corrected chi connectivity index (χ4v) is 2.80. The summed E-state index contributed by atoms with van der Waals surface area (Å²) in [5.41, 5.74) is 1.06. The summed E-state index contributed by atoms with van der Waals surface area (Å²) >= 11 is 1.53. The number of ether oxygens (including phenoxy) is 2. The summed E-state index contributed by atoms with van der Waals surface area (Å²) < 4.78 is 10.3. The van der Waals surface area contributed by atoms with Crippen molar-refractivity contribution in [1.29, 1.82) is 0 Å². The molecule has 1 atom stereocenters. The van der Waals surface area contributed by atoms with E-state index in [0.717, 1.165) is 4.90 Å². The van der Waals surface area contributed by atoms with Crippen LogP contribution < -0.4 is 20.1 Å². The third-order valence-corrected chi connectivity index (χ3v) is 4.51. The zero-order chi connectivity index (χ0) is 19.8. The molecule has 3 N–H and O–H groups in total. The van der Waals surface area contributed by atoms with E-state index in [1.165, 1.54) is 26.0 Å². The molecule has 7 nitrogen and oxygen atoms in total. The lowest BCUT2D eigenvalue weighted by atomic mass is 10.1. The van der Waals surface area contributed by atoms with Crippen molar-refractivity contribution in [1.82, 2.24) is 5.32 Å². The number of amides is 2. The van der Waals surface area contributed by atoms with E-state index in [4.69, 9.17) is 9.47 Å². The first-order valence-electron chi connectivity index (χ1n) is 8.11. The van der Waals surface area contributed by atoms with Gasteiger partial charge >= 0.3 is 11.8 Å². The van der Waals surface area contributed by atoms with Crippen molar-refractivity contribution in [3.05, 3.63) is 48.0 Å². The van der Waals surface area contributed by atoms with Crippen molar-refractivity contribution < 1.29 is 24.2 Å². The molecule has 0 fully saturated rings. The van der Waals surface area contributed by atoms with Crippen LogP contribution in [-0.2, 0) is 9.59 Å². The number of hydrogen-bond acceptors (Lipinski definition) is 6. The summed E-state index contributed by atoms with van der Waals surface area (Å²) in [6, 6.07) is 12.1. The average Bonchev–Trinajstić information content (AvgIpc) is 2.71. The van der Waals surface area contributed by atoms with Gasteiger partial charge in [-0.2, -0.15) is 0 Å². The second kappa shape index (κ2) is 9.84. The Morgan fingerprint density at radius 1 is 1.07 bits per heavy atom. The fraction of sp³-hybridized carbons (Fsp3) is 0.263. The van der Waals surface area contributed by atoms with Crippen LogP contribution in [0.2, 0.25) is 0 Å². The molecule has 144 valence electrons. The van der Waals surface area contributed by atoms with E-state index >= 15 is 0 Å². The van der Waals surface area contributed by atoms with Crippen LogP contribution in [0.5, 0.6) is 11.5 Å². The van der Waals surface area contributed by atoms with E-state index in [9.17, 15) is 14.7 Å². The highest BCUT2D eigenvalue weighted by Gasteiger charge is 2.17. The minimum absolute atomic E-state index is 0.118. The number of carbonyl (C=O) groups is 2. The zero-order valence-electron chi connectivity index (χ0n) is 15.3. The number of aliphatic hydroxyl groups is 1. The van der Waals surface area contributed by atoms with Crippen molar-refractivity contribution in [2.24, 2.45) is 0 Å². The van der Waals surface area contributed by atoms with Crippen LogP contribution in [0.3, 0.4) is 0 Å². The summed E-state index contributed by atoms with van der Waals surface area (Å²) in [6.45, 7) is -0.118. The highest BCUT2D eigenvalue weighted by Crippen LogP contribution is 2.29. The molecule has 2 rings (SSSR count). The smallest absolute Gasteiger partial charge is 0.313 e. The van der Waals surface area contributed by atoms with Gasteiger partial charge in [0.2, 0.25) is 0 Å². The van der Waals surface area contributed by atoms with E-state index in [1.54, 1.807) is 36.4 Å². The van der Waals surface area contributed by atoms with Gasteiger partial charge in [-0.15, -0.1) is 11.8 Å². The Kier molecular flexibility index (Phi) is 7.51. The predicted octanol–water partition coefficient (Wildman–Crippen LogP) is 2.21. The van der Waals surface area contributed by atoms with Gasteiger partial charge in [0.15, 0.2) is 11.5 Å². The normalized spacial score (nSPS) is 11.4. The predicted molar refractivity (Wildman–Crippen MR) is 104 cm³/mol. The first-order chi connectivity index (χ1) is 13.0. The molecule has 0 radical (unpaired) electrons. The molecule has 8 heteroatoms. The molecule has 0 bridgehead atoms. The molecule has 0 aliphatic heterocycles. The molecule has 0 heterocycles. The molecule has 0 saturated heterocycles. The number of thioether (sulfide) groups is 1. The van der Waals surface area contributed by atoms with Gasteiger partial charge in [0.1, 0.15) is 0 Å². The first-order valence-corrected chi connectivity index (χ1v) is 9.34. The Labute approximate surface area is 162 Å². The Morgan fingerprint density at radius 3 is 2.48 bits per heavy atom. The van der Waals surface area contributed by atoms with Crippen molar-refractivity contribution in [2.45, 2.75) is 11.0 Å². The molecule has 2 aromatic rings. The molecular weight excluding hydrogens is 368 g/mol. The Morgan fingerprint density at radius 2 is 1.81 bits per heavy atom. The van der Waals surface area contributed by atoms with Gasteiger partial charge in [-0.1, -0.05) is 12.1 Å². The van der Waals surface area contributed by atoms with Crippen LogP contribution in [0.1, 0.15) is 11.7 Å². The lowest BCUT2D eigenvalue weighted by molar-refractivity contribution is -0.136. The highest BCUT2D eigenvalue weighted by atomic mass is 32.2. The minimum Gasteiger partial charge on any atom is -0.493 e. The molecule has 0 aromatic heterocycles. The number of methoxy groups -OCH3 is 2. The Hall–Kier alpha value is -2.71. The van der Waals surface area contributed by atoms with Crippen LogP contribution in [0, 0.1) is 0 Å². The fourth-order valence-electron chi connectivity index (χ4n) is 2.34.